The van der Waals surface area contributed by atoms with Crippen LogP contribution in [0.5, 0.6) is 0 Å². The molecular formula is C8H5F2N3O3. The SMILES string of the molecule is N#Cc1c(CO)cnc(C(F)F)c1[N+](=O)[O-]. The standard InChI is InChI=1S/C8H5F2N3O3/c9-8(10)6-7(13(15)16)5(1-11)4(3-14)2-12-6/h2,8,14H,3H2. The first-order valence-corrected chi connectivity index (χ1v) is 3.98. The van der Waals surface area contributed by atoms with Gasteiger partial charge in [-0.3, -0.25) is 10.1 Å². The molecule has 0 fully saturated rings. The summed E-state index contributed by atoms with van der Waals surface area (Å²) in [6, 6.07) is 1.42. The molecule has 0 atom stereocenters. The topological polar surface area (TPSA) is 100 Å². The Hall–Kier alpha value is -2.14. The number of nitrogens with zero attached hydrogens (tertiary/aromatic N) is 3. The molecule has 16 heavy (non-hydrogen) atoms. The minimum Gasteiger partial charge on any atom is -0.392 e. The van der Waals surface area contributed by atoms with Crippen molar-refractivity contribution in [2.75, 3.05) is 0 Å². The molecule has 0 amide bonds. The molecule has 1 aromatic heterocycles. The van der Waals surface area contributed by atoms with Gasteiger partial charge < -0.3 is 5.11 Å². The molecular weight excluding hydrogens is 224 g/mol. The van der Waals surface area contributed by atoms with E-state index in [0.29, 0.717) is 0 Å². The van der Waals surface area contributed by atoms with Crippen LogP contribution in [0.1, 0.15) is 23.2 Å². The fourth-order valence-corrected chi connectivity index (χ4v) is 1.14. The Morgan fingerprint density at radius 2 is 2.31 bits per heavy atom. The van der Waals surface area contributed by atoms with Gasteiger partial charge in [-0.1, -0.05) is 0 Å². The zero-order chi connectivity index (χ0) is 12.3. The highest BCUT2D eigenvalue weighted by molar-refractivity contribution is 5.55. The van der Waals surface area contributed by atoms with Gasteiger partial charge in [-0.2, -0.15) is 5.26 Å². The van der Waals surface area contributed by atoms with E-state index in [2.05, 4.69) is 4.98 Å². The van der Waals surface area contributed by atoms with Crippen molar-refractivity contribution >= 4 is 5.69 Å². The lowest BCUT2D eigenvalue weighted by molar-refractivity contribution is -0.387. The quantitative estimate of drug-likeness (QED) is 0.621. The molecule has 0 unspecified atom stereocenters. The van der Waals surface area contributed by atoms with E-state index in [-0.39, 0.29) is 5.56 Å². The minimum absolute atomic E-state index is 0.154. The van der Waals surface area contributed by atoms with Crippen LogP contribution in [0.25, 0.3) is 0 Å². The highest BCUT2D eigenvalue weighted by atomic mass is 19.3. The van der Waals surface area contributed by atoms with Gasteiger partial charge in [-0.15, -0.1) is 0 Å². The third-order valence-electron chi connectivity index (χ3n) is 1.83. The van der Waals surface area contributed by atoms with Crippen molar-refractivity contribution in [3.05, 3.63) is 33.1 Å². The van der Waals surface area contributed by atoms with Crippen LogP contribution in [0, 0.1) is 21.4 Å². The number of nitriles is 1. The summed E-state index contributed by atoms with van der Waals surface area (Å²) in [6.45, 7) is -0.680. The summed E-state index contributed by atoms with van der Waals surface area (Å²) in [5.41, 5.74) is -2.86. The van der Waals surface area contributed by atoms with E-state index >= 15 is 0 Å². The molecule has 0 radical (unpaired) electrons. The minimum atomic E-state index is -3.15. The third kappa shape index (κ3) is 1.94. The second-order valence-electron chi connectivity index (χ2n) is 2.72. The lowest BCUT2D eigenvalue weighted by atomic mass is 10.1. The maximum Gasteiger partial charge on any atom is 0.314 e. The van der Waals surface area contributed by atoms with Crippen molar-refractivity contribution in [2.45, 2.75) is 13.0 Å². The maximum atomic E-state index is 12.4. The average molecular weight is 229 g/mol. The predicted molar refractivity (Wildman–Crippen MR) is 46.5 cm³/mol. The lowest BCUT2D eigenvalue weighted by Crippen LogP contribution is -2.05. The second-order valence-corrected chi connectivity index (χ2v) is 2.72. The Labute approximate surface area is 87.9 Å². The number of hydrogen-bond donors (Lipinski definition) is 1. The number of aromatic nitrogens is 1. The monoisotopic (exact) mass is 229 g/mol. The molecule has 0 saturated carbocycles. The van der Waals surface area contributed by atoms with Gasteiger partial charge in [-0.05, 0) is 0 Å². The number of hydrogen-bond acceptors (Lipinski definition) is 5. The molecule has 0 aliphatic rings. The van der Waals surface area contributed by atoms with Crippen molar-refractivity contribution < 1.29 is 18.8 Å². The van der Waals surface area contributed by atoms with Crippen LogP contribution < -0.4 is 0 Å². The molecule has 6 nitrogen and oxygen atoms in total. The van der Waals surface area contributed by atoms with Crippen molar-refractivity contribution in [3.63, 3.8) is 0 Å². The summed E-state index contributed by atoms with van der Waals surface area (Å²) < 4.78 is 24.8. The molecule has 0 aliphatic carbocycles. The number of rotatable bonds is 3. The van der Waals surface area contributed by atoms with Crippen LogP contribution in [0.3, 0.4) is 0 Å². The molecule has 1 N–H and O–H groups in total. The third-order valence-corrected chi connectivity index (χ3v) is 1.83. The Bertz CT molecular complexity index is 470. The van der Waals surface area contributed by atoms with E-state index in [1.165, 1.54) is 6.07 Å². The van der Waals surface area contributed by atoms with E-state index < -0.39 is 34.9 Å². The Kier molecular flexibility index (Phi) is 3.42. The normalized spacial score (nSPS) is 10.2. The van der Waals surface area contributed by atoms with Gasteiger partial charge in [0.15, 0.2) is 5.69 Å². The fourth-order valence-electron chi connectivity index (χ4n) is 1.14. The number of alkyl halides is 2. The largest absolute Gasteiger partial charge is 0.392 e. The summed E-state index contributed by atoms with van der Waals surface area (Å²) in [5, 5.41) is 28.0. The fraction of sp³-hybridized carbons (Fsp3) is 0.250. The highest BCUT2D eigenvalue weighted by Gasteiger charge is 2.29. The molecule has 1 aromatic rings. The number of pyridine rings is 1. The van der Waals surface area contributed by atoms with Crippen molar-refractivity contribution in [2.24, 2.45) is 0 Å². The smallest absolute Gasteiger partial charge is 0.314 e. The number of nitro groups is 1. The Morgan fingerprint density at radius 3 is 2.69 bits per heavy atom. The maximum absolute atomic E-state index is 12.4. The zero-order valence-corrected chi connectivity index (χ0v) is 7.72. The molecule has 8 heteroatoms. The van der Waals surface area contributed by atoms with E-state index in [4.69, 9.17) is 10.4 Å². The summed E-state index contributed by atoms with van der Waals surface area (Å²) in [5.74, 6) is 0. The first kappa shape index (κ1) is 11.9. The molecule has 0 spiro atoms. The summed E-state index contributed by atoms with van der Waals surface area (Å²) >= 11 is 0. The molecule has 1 rings (SSSR count). The van der Waals surface area contributed by atoms with Crippen LogP contribution in [0.15, 0.2) is 6.20 Å². The summed E-state index contributed by atoms with van der Waals surface area (Å²) in [7, 11) is 0. The molecule has 0 saturated heterocycles. The molecule has 0 aliphatic heterocycles. The van der Waals surface area contributed by atoms with Gasteiger partial charge in [-0.25, -0.2) is 13.8 Å². The van der Waals surface area contributed by atoms with Gasteiger partial charge in [0.2, 0.25) is 0 Å². The van der Waals surface area contributed by atoms with Crippen LogP contribution in [0.2, 0.25) is 0 Å². The van der Waals surface area contributed by atoms with Crippen molar-refractivity contribution in [3.8, 4) is 6.07 Å². The Balaban J connectivity index is 3.59. The second kappa shape index (κ2) is 4.59. The van der Waals surface area contributed by atoms with E-state index in [0.717, 1.165) is 6.20 Å². The predicted octanol–water partition coefficient (Wildman–Crippen LogP) is 1.29. The van der Waals surface area contributed by atoms with Crippen LogP contribution in [0.4, 0.5) is 14.5 Å². The van der Waals surface area contributed by atoms with Gasteiger partial charge in [0.25, 0.3) is 6.43 Å². The van der Waals surface area contributed by atoms with Gasteiger partial charge in [0.1, 0.15) is 11.6 Å². The highest BCUT2D eigenvalue weighted by Crippen LogP contribution is 2.31. The molecule has 0 bridgehead atoms. The molecule has 0 aromatic carbocycles. The number of halogens is 2. The summed E-state index contributed by atoms with van der Waals surface area (Å²) in [4.78, 5) is 12.6. The number of aliphatic hydroxyl groups excluding tert-OH is 1. The first-order chi connectivity index (χ1) is 7.52. The van der Waals surface area contributed by atoms with Gasteiger partial charge in [0.05, 0.1) is 11.5 Å². The van der Waals surface area contributed by atoms with E-state index in [1.807, 2.05) is 0 Å². The zero-order valence-electron chi connectivity index (χ0n) is 7.72. The van der Waals surface area contributed by atoms with Gasteiger partial charge >= 0.3 is 5.69 Å². The summed E-state index contributed by atoms with van der Waals surface area (Å²) in [6.07, 6.45) is -2.33. The first-order valence-electron chi connectivity index (χ1n) is 3.98. The van der Waals surface area contributed by atoms with Crippen molar-refractivity contribution in [1.29, 1.82) is 5.26 Å². The van der Waals surface area contributed by atoms with Crippen LogP contribution in [-0.2, 0) is 6.61 Å². The average Bonchev–Trinajstić information content (AvgIpc) is 2.26. The van der Waals surface area contributed by atoms with E-state index in [1.54, 1.807) is 0 Å². The van der Waals surface area contributed by atoms with Crippen LogP contribution >= 0.6 is 0 Å². The molecule has 84 valence electrons. The van der Waals surface area contributed by atoms with Crippen molar-refractivity contribution in [1.82, 2.24) is 4.98 Å². The van der Waals surface area contributed by atoms with E-state index in [9.17, 15) is 18.9 Å². The molecule has 1 heterocycles. The lowest BCUT2D eigenvalue weighted by Gasteiger charge is -2.05. The number of aliphatic hydroxyl groups is 1. The Morgan fingerprint density at radius 1 is 1.69 bits per heavy atom. The van der Waals surface area contributed by atoms with Crippen LogP contribution in [-0.4, -0.2) is 15.0 Å². The van der Waals surface area contributed by atoms with Gasteiger partial charge in [0, 0.05) is 11.8 Å².